The molecule has 2 aromatic rings. The van der Waals surface area contributed by atoms with Gasteiger partial charge in [0.1, 0.15) is 5.82 Å². The summed E-state index contributed by atoms with van der Waals surface area (Å²) in [5, 5.41) is 15.6. The molecular formula is C20H31IN6O. The number of nitrogens with one attached hydrogen (secondary N) is 2. The fraction of sp³-hybridized carbons (Fsp3) is 0.650. The Morgan fingerprint density at radius 2 is 2.21 bits per heavy atom. The summed E-state index contributed by atoms with van der Waals surface area (Å²) in [5.41, 5.74) is 1.05. The minimum absolute atomic E-state index is 0. The number of halogens is 1. The van der Waals surface area contributed by atoms with Gasteiger partial charge in [-0.15, -0.1) is 34.2 Å². The van der Waals surface area contributed by atoms with Crippen LogP contribution in [0.5, 0.6) is 0 Å². The molecule has 4 rings (SSSR count). The molecule has 2 aliphatic rings. The van der Waals surface area contributed by atoms with Crippen LogP contribution in [0, 0.1) is 11.3 Å². The summed E-state index contributed by atoms with van der Waals surface area (Å²) < 4.78 is 7.94. The number of nitrogens with zero attached hydrogens (tertiary/aromatic N) is 4. The van der Waals surface area contributed by atoms with Crippen LogP contribution in [0.25, 0.3) is 5.65 Å². The summed E-state index contributed by atoms with van der Waals surface area (Å²) in [6.07, 6.45) is 5.35. The maximum atomic E-state index is 5.90. The fourth-order valence-electron chi connectivity index (χ4n) is 4.57. The number of aryl methyl sites for hydroxylation is 1. The third-order valence-electron chi connectivity index (χ3n) is 5.95. The first-order chi connectivity index (χ1) is 13.1. The number of pyridine rings is 1. The van der Waals surface area contributed by atoms with E-state index >= 15 is 0 Å². The van der Waals surface area contributed by atoms with Crippen LogP contribution in [-0.2, 0) is 11.2 Å². The predicted octanol–water partition coefficient (Wildman–Crippen LogP) is 2.65. The van der Waals surface area contributed by atoms with Gasteiger partial charge in [0.25, 0.3) is 0 Å². The van der Waals surface area contributed by atoms with E-state index in [-0.39, 0.29) is 29.4 Å². The average Bonchev–Trinajstić information content (AvgIpc) is 3.29. The number of ether oxygens (including phenoxy) is 1. The normalized spacial score (nSPS) is 25.7. The van der Waals surface area contributed by atoms with E-state index in [1.807, 2.05) is 28.8 Å². The third-order valence-corrected chi connectivity index (χ3v) is 5.95. The minimum Gasteiger partial charge on any atom is -0.377 e. The van der Waals surface area contributed by atoms with E-state index in [0.717, 1.165) is 56.4 Å². The Labute approximate surface area is 183 Å². The first-order valence-electron chi connectivity index (χ1n) is 10.1. The predicted molar refractivity (Wildman–Crippen MR) is 121 cm³/mol. The largest absolute Gasteiger partial charge is 0.377 e. The first kappa shape index (κ1) is 21.3. The van der Waals surface area contributed by atoms with E-state index < -0.39 is 0 Å². The van der Waals surface area contributed by atoms with E-state index in [2.05, 4.69) is 41.6 Å². The van der Waals surface area contributed by atoms with Gasteiger partial charge in [0.2, 0.25) is 0 Å². The number of hydrogen-bond acceptors (Lipinski definition) is 4. The molecule has 3 heterocycles. The maximum absolute atomic E-state index is 5.90. The number of aromatic nitrogens is 3. The van der Waals surface area contributed by atoms with Gasteiger partial charge in [0.05, 0.1) is 6.10 Å². The van der Waals surface area contributed by atoms with Gasteiger partial charge in [-0.2, -0.15) is 0 Å². The van der Waals surface area contributed by atoms with Crippen molar-refractivity contribution < 1.29 is 4.74 Å². The number of guanidine groups is 1. The molecule has 8 heteroatoms. The fourth-order valence-corrected chi connectivity index (χ4v) is 4.57. The molecule has 7 nitrogen and oxygen atoms in total. The highest BCUT2D eigenvalue weighted by Crippen LogP contribution is 2.52. The molecule has 28 heavy (non-hydrogen) atoms. The van der Waals surface area contributed by atoms with Gasteiger partial charge in [-0.05, 0) is 31.9 Å². The summed E-state index contributed by atoms with van der Waals surface area (Å²) in [5.74, 6) is 2.50. The van der Waals surface area contributed by atoms with E-state index in [9.17, 15) is 0 Å². The van der Waals surface area contributed by atoms with Gasteiger partial charge in [-0.1, -0.05) is 19.9 Å². The van der Waals surface area contributed by atoms with Gasteiger partial charge in [-0.25, -0.2) is 0 Å². The van der Waals surface area contributed by atoms with Gasteiger partial charge < -0.3 is 15.4 Å². The van der Waals surface area contributed by atoms with Crippen molar-refractivity contribution >= 4 is 35.6 Å². The Hall–Kier alpha value is -1.42. The second kappa shape index (κ2) is 8.94. The van der Waals surface area contributed by atoms with Crippen molar-refractivity contribution in [1.82, 2.24) is 25.2 Å². The molecule has 154 valence electrons. The first-order valence-corrected chi connectivity index (χ1v) is 10.1. The van der Waals surface area contributed by atoms with Crippen molar-refractivity contribution in [3.05, 3.63) is 30.2 Å². The zero-order valence-corrected chi connectivity index (χ0v) is 19.2. The van der Waals surface area contributed by atoms with Crippen molar-refractivity contribution in [3.8, 4) is 0 Å². The van der Waals surface area contributed by atoms with Crippen LogP contribution in [0.3, 0.4) is 0 Å². The summed E-state index contributed by atoms with van der Waals surface area (Å²) in [6, 6.07) is 6.38. The number of aliphatic imine (C=N–C) groups is 1. The standard InChI is InChI=1S/C20H30N6O.HI/c1-4-21-19(23-17-14-10-13-27-18(14)20(17,2)3)22-11-7-9-16-25-24-15-8-5-6-12-26(15)16;/h5-6,8,12,14,17-18H,4,7,9-11,13H2,1-3H3,(H2,21,22,23);1H. The SMILES string of the molecule is CCNC(=NCCCc1nnc2ccccn12)NC1C2CCOC2C1(C)C.I. The zero-order valence-electron chi connectivity index (χ0n) is 16.9. The molecule has 2 N–H and O–H groups in total. The molecular weight excluding hydrogens is 467 g/mol. The van der Waals surface area contributed by atoms with Gasteiger partial charge in [0, 0.05) is 49.7 Å². The van der Waals surface area contributed by atoms with Gasteiger partial charge >= 0.3 is 0 Å². The Morgan fingerprint density at radius 1 is 1.36 bits per heavy atom. The number of fused-ring (bicyclic) bond motifs is 2. The molecule has 3 atom stereocenters. The van der Waals surface area contributed by atoms with Crippen molar-refractivity contribution in [2.24, 2.45) is 16.3 Å². The molecule has 1 saturated carbocycles. The number of hydrogen-bond donors (Lipinski definition) is 2. The lowest BCUT2D eigenvalue weighted by Crippen LogP contribution is -2.67. The lowest BCUT2D eigenvalue weighted by atomic mass is 9.57. The Bertz CT molecular complexity index is 820. The highest BCUT2D eigenvalue weighted by atomic mass is 127. The van der Waals surface area contributed by atoms with Crippen molar-refractivity contribution in [2.75, 3.05) is 19.7 Å². The number of rotatable bonds is 6. The molecule has 2 aromatic heterocycles. The van der Waals surface area contributed by atoms with Crippen LogP contribution in [0.4, 0.5) is 0 Å². The van der Waals surface area contributed by atoms with Crippen LogP contribution in [0.15, 0.2) is 29.4 Å². The molecule has 1 aliphatic heterocycles. The van der Waals surface area contributed by atoms with E-state index in [1.54, 1.807) is 0 Å². The van der Waals surface area contributed by atoms with Crippen LogP contribution in [0.1, 0.15) is 39.4 Å². The topological polar surface area (TPSA) is 75.8 Å². The second-order valence-corrected chi connectivity index (χ2v) is 8.10. The van der Waals surface area contributed by atoms with Crippen LogP contribution in [0.2, 0.25) is 0 Å². The highest BCUT2D eigenvalue weighted by molar-refractivity contribution is 14.0. The molecule has 2 fully saturated rings. The monoisotopic (exact) mass is 498 g/mol. The smallest absolute Gasteiger partial charge is 0.191 e. The summed E-state index contributed by atoms with van der Waals surface area (Å²) in [6.45, 7) is 9.19. The average molecular weight is 498 g/mol. The molecule has 1 saturated heterocycles. The highest BCUT2D eigenvalue weighted by Gasteiger charge is 2.59. The lowest BCUT2D eigenvalue weighted by Gasteiger charge is -2.54. The maximum Gasteiger partial charge on any atom is 0.191 e. The Balaban J connectivity index is 0.00000225. The zero-order chi connectivity index (χ0) is 18.9. The summed E-state index contributed by atoms with van der Waals surface area (Å²) >= 11 is 0. The molecule has 0 aromatic carbocycles. The Kier molecular flexibility index (Phi) is 6.80. The van der Waals surface area contributed by atoms with E-state index in [4.69, 9.17) is 9.73 Å². The van der Waals surface area contributed by atoms with Crippen LogP contribution in [-0.4, -0.2) is 52.4 Å². The van der Waals surface area contributed by atoms with Crippen molar-refractivity contribution in [3.63, 3.8) is 0 Å². The molecule has 0 radical (unpaired) electrons. The van der Waals surface area contributed by atoms with Crippen molar-refractivity contribution in [2.45, 2.75) is 52.2 Å². The summed E-state index contributed by atoms with van der Waals surface area (Å²) in [7, 11) is 0. The quantitative estimate of drug-likeness (QED) is 0.277. The second-order valence-electron chi connectivity index (χ2n) is 8.10. The third kappa shape index (κ3) is 3.98. The molecule has 0 bridgehead atoms. The lowest BCUT2D eigenvalue weighted by molar-refractivity contribution is -0.106. The minimum atomic E-state index is 0. The van der Waals surface area contributed by atoms with E-state index in [0.29, 0.717) is 18.1 Å². The van der Waals surface area contributed by atoms with Crippen LogP contribution >= 0.6 is 24.0 Å². The van der Waals surface area contributed by atoms with Crippen molar-refractivity contribution in [1.29, 1.82) is 0 Å². The molecule has 3 unspecified atom stereocenters. The van der Waals surface area contributed by atoms with Gasteiger partial charge in [0.15, 0.2) is 11.6 Å². The molecule has 0 amide bonds. The summed E-state index contributed by atoms with van der Waals surface area (Å²) in [4.78, 5) is 4.79. The molecule has 1 aliphatic carbocycles. The van der Waals surface area contributed by atoms with E-state index in [1.165, 1.54) is 0 Å². The Morgan fingerprint density at radius 3 is 3.04 bits per heavy atom. The molecule has 0 spiro atoms. The van der Waals surface area contributed by atoms with Gasteiger partial charge in [-0.3, -0.25) is 9.39 Å². The van der Waals surface area contributed by atoms with Crippen LogP contribution < -0.4 is 10.6 Å².